The molecule has 0 fully saturated rings. The smallest absolute Gasteiger partial charge is 0.0701 e. The Bertz CT molecular complexity index is 2240. The van der Waals surface area contributed by atoms with Gasteiger partial charge < -0.3 is 5.73 Å². The number of benzene rings is 6. The first-order valence-corrected chi connectivity index (χ1v) is 15.6. The molecule has 2 aromatic heterocycles. The van der Waals surface area contributed by atoms with Gasteiger partial charge >= 0.3 is 0 Å². The zero-order chi connectivity index (χ0) is 31.0. The second-order valence-electron chi connectivity index (χ2n) is 11.6. The molecular weight excluding hydrogens is 558 g/mol. The molecule has 46 heavy (non-hydrogen) atoms. The molecule has 0 aliphatic carbocycles. The molecule has 0 spiro atoms. The number of pyridine rings is 2. The minimum absolute atomic E-state index is 0.756. The first-order chi connectivity index (χ1) is 22.7. The van der Waals surface area contributed by atoms with Crippen molar-refractivity contribution in [2.75, 3.05) is 0 Å². The van der Waals surface area contributed by atoms with E-state index in [1.807, 2.05) is 73.9 Å². The topological polar surface area (TPSA) is 51.8 Å². The van der Waals surface area contributed by atoms with E-state index in [0.717, 1.165) is 33.8 Å². The van der Waals surface area contributed by atoms with Crippen LogP contribution in [-0.4, -0.2) is 9.97 Å². The van der Waals surface area contributed by atoms with Gasteiger partial charge in [-0.1, -0.05) is 97.1 Å². The van der Waals surface area contributed by atoms with Gasteiger partial charge in [-0.05, 0) is 116 Å². The van der Waals surface area contributed by atoms with E-state index in [-0.39, 0.29) is 0 Å². The predicted molar refractivity (Wildman–Crippen MR) is 194 cm³/mol. The average molecular weight is 590 g/mol. The summed E-state index contributed by atoms with van der Waals surface area (Å²) in [6.45, 7) is 2.00. The highest BCUT2D eigenvalue weighted by Crippen LogP contribution is 2.45. The Morgan fingerprint density at radius 2 is 1.04 bits per heavy atom. The summed E-state index contributed by atoms with van der Waals surface area (Å²) in [6.07, 6.45) is 9.62. The van der Waals surface area contributed by atoms with E-state index in [1.54, 1.807) is 0 Å². The number of aromatic nitrogens is 2. The average Bonchev–Trinajstić information content (AvgIpc) is 3.13. The molecule has 0 amide bonds. The highest BCUT2D eigenvalue weighted by atomic mass is 14.7. The van der Waals surface area contributed by atoms with E-state index in [2.05, 4.69) is 101 Å². The van der Waals surface area contributed by atoms with E-state index in [9.17, 15) is 0 Å². The second-order valence-corrected chi connectivity index (χ2v) is 11.6. The fourth-order valence-corrected chi connectivity index (χ4v) is 6.56. The van der Waals surface area contributed by atoms with Crippen molar-refractivity contribution >= 4 is 38.0 Å². The highest BCUT2D eigenvalue weighted by Gasteiger charge is 2.18. The zero-order valence-electron chi connectivity index (χ0n) is 25.5. The molecule has 8 rings (SSSR count). The second kappa shape index (κ2) is 11.5. The molecule has 0 aliphatic heterocycles. The summed E-state index contributed by atoms with van der Waals surface area (Å²) in [4.78, 5) is 9.11. The Kier molecular flexibility index (Phi) is 6.85. The van der Waals surface area contributed by atoms with E-state index in [4.69, 9.17) is 5.73 Å². The van der Waals surface area contributed by atoms with Crippen molar-refractivity contribution in [3.8, 4) is 44.8 Å². The van der Waals surface area contributed by atoms with Crippen LogP contribution in [0.2, 0.25) is 0 Å². The van der Waals surface area contributed by atoms with Gasteiger partial charge in [0, 0.05) is 29.2 Å². The standard InChI is InChI=1S/C43H31N3/c1-2-3-8-39(44)34-25-32-19-21-35-37(28-11-15-30(16-12-28)40-9-4-6-23-45-40)27-38(36-22-20-33(26-34)42(32)43(35)36)29-13-17-31(18-14-29)41-10-5-7-24-46-41/h2-27H,44H2,1H3/b3-2-,39-8-. The summed E-state index contributed by atoms with van der Waals surface area (Å²) in [5.41, 5.74) is 17.2. The molecule has 3 heteroatoms. The Labute approximate surface area is 268 Å². The molecule has 2 N–H and O–H groups in total. The van der Waals surface area contributed by atoms with Crippen LogP contribution >= 0.6 is 0 Å². The fourth-order valence-electron chi connectivity index (χ4n) is 6.56. The van der Waals surface area contributed by atoms with Gasteiger partial charge in [-0.2, -0.15) is 0 Å². The summed E-state index contributed by atoms with van der Waals surface area (Å²) in [6, 6.07) is 45.4. The third kappa shape index (κ3) is 4.79. The van der Waals surface area contributed by atoms with E-state index >= 15 is 0 Å². The first-order valence-electron chi connectivity index (χ1n) is 15.6. The molecule has 0 bridgehead atoms. The lowest BCUT2D eigenvalue weighted by molar-refractivity contribution is 1.33. The van der Waals surface area contributed by atoms with Gasteiger partial charge in [0.15, 0.2) is 0 Å². The zero-order valence-corrected chi connectivity index (χ0v) is 25.5. The van der Waals surface area contributed by atoms with E-state index in [0.29, 0.717) is 0 Å². The maximum Gasteiger partial charge on any atom is 0.0701 e. The van der Waals surface area contributed by atoms with Crippen molar-refractivity contribution in [3.63, 3.8) is 0 Å². The van der Waals surface area contributed by atoms with Crippen LogP contribution in [-0.2, 0) is 0 Å². The molecule has 0 saturated carbocycles. The molecule has 218 valence electrons. The third-order valence-corrected chi connectivity index (χ3v) is 8.83. The van der Waals surface area contributed by atoms with Crippen molar-refractivity contribution in [1.29, 1.82) is 0 Å². The Balaban J connectivity index is 1.36. The van der Waals surface area contributed by atoms with Crippen LogP contribution in [0.5, 0.6) is 0 Å². The van der Waals surface area contributed by atoms with Crippen molar-refractivity contribution in [1.82, 2.24) is 9.97 Å². The molecule has 0 saturated heterocycles. The van der Waals surface area contributed by atoms with E-state index in [1.165, 1.54) is 54.6 Å². The summed E-state index contributed by atoms with van der Waals surface area (Å²) in [5, 5.41) is 7.36. The maximum absolute atomic E-state index is 6.51. The van der Waals surface area contributed by atoms with Crippen LogP contribution in [0, 0.1) is 0 Å². The summed E-state index contributed by atoms with van der Waals surface area (Å²) >= 11 is 0. The quantitative estimate of drug-likeness (QED) is 0.155. The molecular formula is C43H31N3. The lowest BCUT2D eigenvalue weighted by Gasteiger charge is -2.19. The van der Waals surface area contributed by atoms with Gasteiger partial charge in [-0.15, -0.1) is 0 Å². The predicted octanol–water partition coefficient (Wildman–Crippen LogP) is 10.9. The molecule has 2 heterocycles. The van der Waals surface area contributed by atoms with Crippen molar-refractivity contribution in [2.45, 2.75) is 6.92 Å². The fraction of sp³-hybridized carbons (Fsp3) is 0.0233. The third-order valence-electron chi connectivity index (χ3n) is 8.83. The molecule has 0 unspecified atom stereocenters. The summed E-state index contributed by atoms with van der Waals surface area (Å²) in [7, 11) is 0. The van der Waals surface area contributed by atoms with Gasteiger partial charge in [0.05, 0.1) is 11.4 Å². The number of rotatable bonds is 6. The minimum Gasteiger partial charge on any atom is -0.398 e. The van der Waals surface area contributed by atoms with Crippen molar-refractivity contribution < 1.29 is 0 Å². The number of nitrogens with two attached hydrogens (primary N) is 1. The van der Waals surface area contributed by atoms with Crippen LogP contribution in [0.1, 0.15) is 12.5 Å². The van der Waals surface area contributed by atoms with Crippen LogP contribution < -0.4 is 5.73 Å². The lowest BCUT2D eigenvalue weighted by Crippen LogP contribution is -1.97. The number of hydrogen-bond donors (Lipinski definition) is 1. The number of nitrogens with zero attached hydrogens (tertiary/aromatic N) is 2. The van der Waals surface area contributed by atoms with Gasteiger partial charge in [0.2, 0.25) is 0 Å². The largest absolute Gasteiger partial charge is 0.398 e. The maximum atomic E-state index is 6.51. The molecule has 0 aliphatic rings. The SMILES string of the molecule is C/C=C\C=C(/N)c1cc2ccc3c(-c4ccc(-c5ccccn5)cc4)cc(-c4ccc(-c5ccccn5)cc4)c4ccc(c1)c2c34. The number of hydrogen-bond acceptors (Lipinski definition) is 3. The molecule has 0 radical (unpaired) electrons. The van der Waals surface area contributed by atoms with Gasteiger partial charge in [0.1, 0.15) is 0 Å². The van der Waals surface area contributed by atoms with E-state index < -0.39 is 0 Å². The van der Waals surface area contributed by atoms with Crippen molar-refractivity contribution in [3.05, 3.63) is 164 Å². The Morgan fingerprint density at radius 3 is 1.50 bits per heavy atom. The number of allylic oxidation sites excluding steroid dienone is 3. The molecule has 3 nitrogen and oxygen atoms in total. The molecule has 0 atom stereocenters. The van der Waals surface area contributed by atoms with Crippen molar-refractivity contribution in [2.24, 2.45) is 5.73 Å². The van der Waals surface area contributed by atoms with Gasteiger partial charge in [-0.3, -0.25) is 9.97 Å². The normalized spacial score (nSPS) is 12.2. The monoisotopic (exact) mass is 589 g/mol. The van der Waals surface area contributed by atoms with Gasteiger partial charge in [-0.25, -0.2) is 0 Å². The van der Waals surface area contributed by atoms with Crippen LogP contribution in [0.25, 0.3) is 82.8 Å². The van der Waals surface area contributed by atoms with Crippen LogP contribution in [0.15, 0.2) is 158 Å². The summed E-state index contributed by atoms with van der Waals surface area (Å²) in [5.74, 6) is 0. The minimum atomic E-state index is 0.756. The van der Waals surface area contributed by atoms with Gasteiger partial charge in [0.25, 0.3) is 0 Å². The Morgan fingerprint density at radius 1 is 0.543 bits per heavy atom. The molecule has 6 aromatic carbocycles. The first kappa shape index (κ1) is 27.5. The van der Waals surface area contributed by atoms with Crippen LogP contribution in [0.3, 0.4) is 0 Å². The lowest BCUT2D eigenvalue weighted by atomic mass is 9.84. The Hall–Kier alpha value is -6.06. The molecule has 8 aromatic rings. The summed E-state index contributed by atoms with van der Waals surface area (Å²) < 4.78 is 0. The van der Waals surface area contributed by atoms with Crippen LogP contribution in [0.4, 0.5) is 0 Å². The highest BCUT2D eigenvalue weighted by molar-refractivity contribution is 6.28.